The molecule has 4 rings (SSSR count). The van der Waals surface area contributed by atoms with Crippen LogP contribution in [0.3, 0.4) is 0 Å². The van der Waals surface area contributed by atoms with E-state index in [2.05, 4.69) is 10.1 Å². The zero-order valence-electron chi connectivity index (χ0n) is 14.7. The fourth-order valence-electron chi connectivity index (χ4n) is 3.10. The Kier molecular flexibility index (Phi) is 4.33. The Labute approximate surface area is 158 Å². The number of rotatable bonds is 5. The highest BCUT2D eigenvalue weighted by atomic mass is 32.1. The van der Waals surface area contributed by atoms with Crippen LogP contribution in [-0.2, 0) is 6.54 Å². The Bertz CT molecular complexity index is 1150. The predicted octanol–water partition coefficient (Wildman–Crippen LogP) is 3.25. The van der Waals surface area contributed by atoms with Gasteiger partial charge in [0, 0.05) is 34.1 Å². The van der Waals surface area contributed by atoms with Crippen LogP contribution in [0, 0.1) is 13.8 Å². The summed E-state index contributed by atoms with van der Waals surface area (Å²) in [5.41, 5.74) is 2.96. The van der Waals surface area contributed by atoms with Gasteiger partial charge in [0.1, 0.15) is 0 Å². The summed E-state index contributed by atoms with van der Waals surface area (Å²) in [6, 6.07) is 11.0. The van der Waals surface area contributed by atoms with Crippen LogP contribution in [-0.4, -0.2) is 25.1 Å². The van der Waals surface area contributed by atoms with Crippen molar-refractivity contribution in [3.8, 4) is 16.5 Å². The number of carbonyl (C=O) groups is 1. The fraction of sp³-hybridized carbons (Fsp3) is 0.158. The van der Waals surface area contributed by atoms with Crippen molar-refractivity contribution in [2.45, 2.75) is 20.4 Å². The van der Waals surface area contributed by atoms with Crippen LogP contribution >= 0.6 is 11.3 Å². The van der Waals surface area contributed by atoms with Gasteiger partial charge in [-0.3, -0.25) is 13.9 Å². The lowest BCUT2D eigenvalue weighted by molar-refractivity contribution is 0.0969. The lowest BCUT2D eigenvalue weighted by Gasteiger charge is -2.06. The standard InChI is InChI=1S/C19H16N4O3S/c1-12-10-15(13(2)23(12)18-20-8-9-27-18)16(24)11-22-17(21-26-19(22)25)14-6-4-3-5-7-14/h3-10H,11H2,1-2H3. The number of carbonyl (C=O) groups excluding carboxylic acids is 1. The summed E-state index contributed by atoms with van der Waals surface area (Å²) in [4.78, 5) is 29.4. The molecule has 0 bridgehead atoms. The maximum Gasteiger partial charge on any atom is 0.442 e. The topological polar surface area (TPSA) is 82.9 Å². The average molecular weight is 380 g/mol. The van der Waals surface area contributed by atoms with Crippen LogP contribution < -0.4 is 5.76 Å². The number of hydrogen-bond donors (Lipinski definition) is 0. The minimum absolute atomic E-state index is 0.144. The molecule has 0 unspecified atom stereocenters. The third kappa shape index (κ3) is 3.04. The van der Waals surface area contributed by atoms with Crippen molar-refractivity contribution in [3.63, 3.8) is 0 Å². The quantitative estimate of drug-likeness (QED) is 0.496. The highest BCUT2D eigenvalue weighted by Crippen LogP contribution is 2.23. The lowest BCUT2D eigenvalue weighted by atomic mass is 10.1. The van der Waals surface area contributed by atoms with E-state index < -0.39 is 5.76 Å². The molecule has 3 aromatic heterocycles. The van der Waals surface area contributed by atoms with Gasteiger partial charge in [-0.25, -0.2) is 14.3 Å². The van der Waals surface area contributed by atoms with E-state index in [-0.39, 0.29) is 12.3 Å². The normalized spacial score (nSPS) is 11.0. The van der Waals surface area contributed by atoms with Gasteiger partial charge in [-0.15, -0.1) is 11.3 Å². The molecular weight excluding hydrogens is 364 g/mol. The second-order valence-electron chi connectivity index (χ2n) is 6.08. The van der Waals surface area contributed by atoms with E-state index in [0.717, 1.165) is 16.5 Å². The molecule has 0 aliphatic carbocycles. The van der Waals surface area contributed by atoms with Crippen LogP contribution in [0.4, 0.5) is 0 Å². The first-order chi connectivity index (χ1) is 13.1. The van der Waals surface area contributed by atoms with Crippen LogP contribution in [0.2, 0.25) is 0 Å². The van der Waals surface area contributed by atoms with Crippen molar-refractivity contribution in [1.82, 2.24) is 19.3 Å². The third-order valence-corrected chi connectivity index (χ3v) is 5.12. The zero-order valence-corrected chi connectivity index (χ0v) is 15.6. The second-order valence-corrected chi connectivity index (χ2v) is 6.96. The Balaban J connectivity index is 1.70. The number of hydrogen-bond acceptors (Lipinski definition) is 6. The Morgan fingerprint density at radius 1 is 1.22 bits per heavy atom. The van der Waals surface area contributed by atoms with Gasteiger partial charge in [0.15, 0.2) is 16.7 Å². The molecule has 0 saturated carbocycles. The molecule has 8 heteroatoms. The number of nitrogens with zero attached hydrogens (tertiary/aromatic N) is 4. The molecule has 0 amide bonds. The molecule has 27 heavy (non-hydrogen) atoms. The Morgan fingerprint density at radius 2 is 2.00 bits per heavy atom. The molecule has 0 radical (unpaired) electrons. The van der Waals surface area contributed by atoms with Crippen LogP contribution in [0.5, 0.6) is 0 Å². The molecule has 0 fully saturated rings. The first-order valence-corrected chi connectivity index (χ1v) is 9.18. The molecule has 0 N–H and O–H groups in total. The van der Waals surface area contributed by atoms with E-state index in [9.17, 15) is 9.59 Å². The predicted molar refractivity (Wildman–Crippen MR) is 101 cm³/mol. The number of benzene rings is 1. The lowest BCUT2D eigenvalue weighted by Crippen LogP contribution is -2.21. The van der Waals surface area contributed by atoms with Gasteiger partial charge in [-0.05, 0) is 19.9 Å². The van der Waals surface area contributed by atoms with Gasteiger partial charge in [-0.2, -0.15) is 0 Å². The molecule has 4 aromatic rings. The van der Waals surface area contributed by atoms with Crippen molar-refractivity contribution >= 4 is 17.1 Å². The van der Waals surface area contributed by atoms with Crippen molar-refractivity contribution < 1.29 is 9.32 Å². The van der Waals surface area contributed by atoms with Crippen molar-refractivity contribution in [2.75, 3.05) is 0 Å². The molecular formula is C19H16N4O3S. The summed E-state index contributed by atoms with van der Waals surface area (Å²) in [5, 5.41) is 6.52. The highest BCUT2D eigenvalue weighted by Gasteiger charge is 2.21. The summed E-state index contributed by atoms with van der Waals surface area (Å²) in [5.74, 6) is -0.507. The van der Waals surface area contributed by atoms with Gasteiger partial charge >= 0.3 is 5.76 Å². The van der Waals surface area contributed by atoms with E-state index >= 15 is 0 Å². The van der Waals surface area contributed by atoms with Crippen LogP contribution in [0.15, 0.2) is 57.3 Å². The second kappa shape index (κ2) is 6.81. The average Bonchev–Trinajstić information content (AvgIpc) is 3.37. The summed E-state index contributed by atoms with van der Waals surface area (Å²) in [7, 11) is 0. The number of aromatic nitrogens is 4. The van der Waals surface area contributed by atoms with Crippen molar-refractivity contribution in [2.24, 2.45) is 0 Å². The molecule has 136 valence electrons. The Morgan fingerprint density at radius 3 is 2.70 bits per heavy atom. The molecule has 0 saturated heterocycles. The van der Waals surface area contributed by atoms with Crippen LogP contribution in [0.25, 0.3) is 16.5 Å². The first kappa shape index (κ1) is 17.2. The molecule has 0 spiro atoms. The molecule has 7 nitrogen and oxygen atoms in total. The maximum absolute atomic E-state index is 12.9. The summed E-state index contributed by atoms with van der Waals surface area (Å²) >= 11 is 1.50. The number of aryl methyl sites for hydroxylation is 1. The number of ketones is 1. The fourth-order valence-corrected chi connectivity index (χ4v) is 3.85. The third-order valence-electron chi connectivity index (χ3n) is 4.36. The van der Waals surface area contributed by atoms with E-state index in [1.165, 1.54) is 15.9 Å². The van der Waals surface area contributed by atoms with E-state index in [1.54, 1.807) is 6.20 Å². The summed E-state index contributed by atoms with van der Waals surface area (Å²) in [6.45, 7) is 3.65. The molecule has 3 heterocycles. The van der Waals surface area contributed by atoms with Gasteiger partial charge in [-0.1, -0.05) is 35.5 Å². The van der Waals surface area contributed by atoms with E-state index in [0.29, 0.717) is 17.0 Å². The zero-order chi connectivity index (χ0) is 19.0. The summed E-state index contributed by atoms with van der Waals surface area (Å²) in [6.07, 6.45) is 1.73. The number of thiazole rings is 1. The van der Waals surface area contributed by atoms with Gasteiger partial charge in [0.2, 0.25) is 0 Å². The highest BCUT2D eigenvalue weighted by molar-refractivity contribution is 7.12. The monoisotopic (exact) mass is 380 g/mol. The van der Waals surface area contributed by atoms with E-state index in [4.69, 9.17) is 4.52 Å². The number of Topliss-reactive ketones (excluding diaryl/α,β-unsaturated/α-hetero) is 1. The SMILES string of the molecule is Cc1cc(C(=O)Cn2c(-c3ccccc3)noc2=O)c(C)n1-c1nccs1. The Hall–Kier alpha value is -3.26. The minimum atomic E-state index is -0.657. The van der Waals surface area contributed by atoms with Crippen molar-refractivity contribution in [3.05, 3.63) is 75.5 Å². The first-order valence-electron chi connectivity index (χ1n) is 8.30. The van der Waals surface area contributed by atoms with Gasteiger partial charge < -0.3 is 0 Å². The van der Waals surface area contributed by atoms with Gasteiger partial charge in [0.25, 0.3) is 0 Å². The molecule has 0 atom stereocenters. The maximum atomic E-state index is 12.9. The molecule has 1 aromatic carbocycles. The minimum Gasteiger partial charge on any atom is -0.295 e. The van der Waals surface area contributed by atoms with E-state index in [1.807, 2.05) is 60.2 Å². The summed E-state index contributed by atoms with van der Waals surface area (Å²) < 4.78 is 7.99. The van der Waals surface area contributed by atoms with Crippen molar-refractivity contribution in [1.29, 1.82) is 0 Å². The smallest absolute Gasteiger partial charge is 0.295 e. The van der Waals surface area contributed by atoms with Gasteiger partial charge in [0.05, 0.1) is 6.54 Å². The largest absolute Gasteiger partial charge is 0.442 e. The van der Waals surface area contributed by atoms with Crippen LogP contribution in [0.1, 0.15) is 21.7 Å². The molecule has 0 aliphatic heterocycles. The molecule has 0 aliphatic rings.